The topological polar surface area (TPSA) is 75.3 Å². The third kappa shape index (κ3) is 3.00. The molecule has 5 nitrogen and oxygen atoms in total. The number of carbonyl (C=O) groups is 1. The molecule has 114 valence electrons. The number of benzene rings is 2. The van der Waals surface area contributed by atoms with Crippen molar-refractivity contribution in [2.24, 2.45) is 0 Å². The van der Waals surface area contributed by atoms with Gasteiger partial charge < -0.3 is 5.32 Å². The molecule has 0 fully saturated rings. The van der Waals surface area contributed by atoms with Crippen LogP contribution in [0.2, 0.25) is 0 Å². The summed E-state index contributed by atoms with van der Waals surface area (Å²) in [6, 6.07) is 9.97. The Balaban J connectivity index is 1.93. The Bertz CT molecular complexity index is 858. The Morgan fingerprint density at radius 3 is 2.68 bits per heavy atom. The Hall–Kier alpha value is -1.86. The third-order valence-electron chi connectivity index (χ3n) is 3.31. The summed E-state index contributed by atoms with van der Waals surface area (Å²) in [7, 11) is -3.70. The van der Waals surface area contributed by atoms with Crippen LogP contribution in [0.15, 0.2) is 45.8 Å². The zero-order chi connectivity index (χ0) is 15.9. The minimum Gasteiger partial charge on any atom is -0.326 e. The molecule has 0 aromatic heterocycles. The average molecular weight is 381 g/mol. The number of halogens is 1. The molecule has 1 aliphatic heterocycles. The predicted molar refractivity (Wildman–Crippen MR) is 88.5 cm³/mol. The molecule has 0 saturated carbocycles. The first-order valence-corrected chi connectivity index (χ1v) is 8.84. The lowest BCUT2D eigenvalue weighted by Crippen LogP contribution is -2.13. The summed E-state index contributed by atoms with van der Waals surface area (Å²) in [6.07, 6.45) is 0.203. The summed E-state index contributed by atoms with van der Waals surface area (Å²) in [5.74, 6) is -0.125. The summed E-state index contributed by atoms with van der Waals surface area (Å²) in [5, 5.41) is 2.68. The van der Waals surface area contributed by atoms with Gasteiger partial charge >= 0.3 is 0 Å². The number of hydrogen-bond donors (Lipinski definition) is 2. The highest BCUT2D eigenvalue weighted by Crippen LogP contribution is 2.27. The predicted octanol–water partition coefficient (Wildman–Crippen LogP) is 3.05. The number of aryl methyl sites for hydroxylation is 1. The number of nitrogens with one attached hydrogen (secondary N) is 2. The average Bonchev–Trinajstić information content (AvgIpc) is 2.75. The smallest absolute Gasteiger partial charge is 0.261 e. The van der Waals surface area contributed by atoms with Crippen LogP contribution in [0, 0.1) is 6.92 Å². The highest BCUT2D eigenvalue weighted by Gasteiger charge is 2.22. The highest BCUT2D eigenvalue weighted by atomic mass is 79.9. The fourth-order valence-electron chi connectivity index (χ4n) is 2.38. The molecule has 2 aromatic rings. The summed E-state index contributed by atoms with van der Waals surface area (Å²) in [4.78, 5) is 11.5. The molecule has 0 unspecified atom stereocenters. The number of anilines is 2. The van der Waals surface area contributed by atoms with Crippen molar-refractivity contribution in [2.45, 2.75) is 18.2 Å². The second-order valence-corrected chi connectivity index (χ2v) is 7.76. The quantitative estimate of drug-likeness (QED) is 0.858. The van der Waals surface area contributed by atoms with Crippen LogP contribution in [0.3, 0.4) is 0 Å². The highest BCUT2D eigenvalue weighted by molar-refractivity contribution is 9.10. The molecule has 2 aromatic carbocycles. The van der Waals surface area contributed by atoms with Crippen LogP contribution in [0.25, 0.3) is 0 Å². The maximum Gasteiger partial charge on any atom is 0.261 e. The van der Waals surface area contributed by atoms with Gasteiger partial charge in [-0.25, -0.2) is 8.42 Å². The lowest BCUT2D eigenvalue weighted by atomic mass is 10.2. The van der Waals surface area contributed by atoms with Gasteiger partial charge in [0.05, 0.1) is 17.0 Å². The monoisotopic (exact) mass is 380 g/mol. The van der Waals surface area contributed by atoms with Gasteiger partial charge in [0.2, 0.25) is 5.91 Å². The van der Waals surface area contributed by atoms with Crippen LogP contribution >= 0.6 is 15.9 Å². The Morgan fingerprint density at radius 1 is 1.18 bits per heavy atom. The van der Waals surface area contributed by atoms with E-state index < -0.39 is 10.0 Å². The van der Waals surface area contributed by atoms with E-state index in [0.717, 1.165) is 10.0 Å². The van der Waals surface area contributed by atoms with E-state index in [1.54, 1.807) is 18.2 Å². The Labute approximate surface area is 136 Å². The summed E-state index contributed by atoms with van der Waals surface area (Å²) in [6.45, 7) is 1.88. The molecule has 0 spiro atoms. The molecule has 22 heavy (non-hydrogen) atoms. The van der Waals surface area contributed by atoms with Gasteiger partial charge in [-0.15, -0.1) is 0 Å². The first kappa shape index (κ1) is 15.1. The summed E-state index contributed by atoms with van der Waals surface area (Å²) in [5.41, 5.74) is 2.79. The van der Waals surface area contributed by atoms with Gasteiger partial charge in [0, 0.05) is 10.2 Å². The van der Waals surface area contributed by atoms with Crippen LogP contribution in [0.1, 0.15) is 11.1 Å². The molecule has 1 heterocycles. The molecule has 0 aliphatic carbocycles. The molecule has 2 N–H and O–H groups in total. The SMILES string of the molecule is Cc1cc(Br)cc(NS(=O)(=O)c2ccc3c(c2)CC(=O)N3)c1. The third-order valence-corrected chi connectivity index (χ3v) is 5.14. The van der Waals surface area contributed by atoms with Crippen molar-refractivity contribution >= 4 is 43.2 Å². The van der Waals surface area contributed by atoms with Crippen LogP contribution in [-0.4, -0.2) is 14.3 Å². The van der Waals surface area contributed by atoms with Crippen molar-refractivity contribution in [3.05, 3.63) is 52.0 Å². The molecule has 7 heteroatoms. The van der Waals surface area contributed by atoms with Gasteiger partial charge in [0.1, 0.15) is 0 Å². The zero-order valence-corrected chi connectivity index (χ0v) is 14.1. The van der Waals surface area contributed by atoms with Gasteiger partial charge in [-0.1, -0.05) is 15.9 Å². The van der Waals surface area contributed by atoms with Gasteiger partial charge in [-0.05, 0) is 54.4 Å². The van der Waals surface area contributed by atoms with E-state index in [2.05, 4.69) is 26.0 Å². The lowest BCUT2D eigenvalue weighted by Gasteiger charge is -2.10. The molecule has 3 rings (SSSR count). The number of sulfonamides is 1. The maximum absolute atomic E-state index is 12.5. The van der Waals surface area contributed by atoms with E-state index in [0.29, 0.717) is 16.9 Å². The fraction of sp³-hybridized carbons (Fsp3) is 0.133. The van der Waals surface area contributed by atoms with E-state index in [1.807, 2.05) is 13.0 Å². The molecular formula is C15H13BrN2O3S. The Morgan fingerprint density at radius 2 is 1.95 bits per heavy atom. The van der Waals surface area contributed by atoms with Gasteiger partial charge in [-0.2, -0.15) is 0 Å². The molecule has 1 aliphatic rings. The molecule has 0 atom stereocenters. The van der Waals surface area contributed by atoms with Gasteiger partial charge in [0.15, 0.2) is 0 Å². The molecule has 0 bridgehead atoms. The minimum absolute atomic E-state index is 0.125. The van der Waals surface area contributed by atoms with Crippen LogP contribution in [0.5, 0.6) is 0 Å². The zero-order valence-electron chi connectivity index (χ0n) is 11.7. The van der Waals surface area contributed by atoms with E-state index in [1.165, 1.54) is 12.1 Å². The first-order valence-electron chi connectivity index (χ1n) is 6.56. The van der Waals surface area contributed by atoms with Crippen LogP contribution in [0.4, 0.5) is 11.4 Å². The van der Waals surface area contributed by atoms with Crippen LogP contribution in [-0.2, 0) is 21.2 Å². The van der Waals surface area contributed by atoms with Crippen molar-refractivity contribution in [2.75, 3.05) is 10.0 Å². The maximum atomic E-state index is 12.5. The summed E-state index contributed by atoms with van der Waals surface area (Å²) >= 11 is 3.34. The lowest BCUT2D eigenvalue weighted by molar-refractivity contribution is -0.115. The Kier molecular flexibility index (Phi) is 3.70. The van der Waals surface area contributed by atoms with E-state index in [9.17, 15) is 13.2 Å². The largest absolute Gasteiger partial charge is 0.326 e. The van der Waals surface area contributed by atoms with E-state index in [-0.39, 0.29) is 17.2 Å². The number of amides is 1. The second-order valence-electron chi connectivity index (χ2n) is 5.17. The number of fused-ring (bicyclic) bond motifs is 1. The molecule has 0 saturated heterocycles. The minimum atomic E-state index is -3.70. The first-order chi connectivity index (χ1) is 10.3. The van der Waals surface area contributed by atoms with Crippen molar-refractivity contribution in [3.63, 3.8) is 0 Å². The van der Waals surface area contributed by atoms with Crippen LogP contribution < -0.4 is 10.0 Å². The molecule has 1 amide bonds. The molecule has 0 radical (unpaired) electrons. The van der Waals surface area contributed by atoms with Gasteiger partial charge in [0.25, 0.3) is 10.0 Å². The summed E-state index contributed by atoms with van der Waals surface area (Å²) < 4.78 is 28.3. The standard InChI is InChI=1S/C15H13BrN2O3S/c1-9-4-11(16)8-12(5-9)18-22(20,21)13-2-3-14-10(6-13)7-15(19)17-14/h2-6,8,18H,7H2,1H3,(H,17,19). The van der Waals surface area contributed by atoms with Gasteiger partial charge in [-0.3, -0.25) is 9.52 Å². The van der Waals surface area contributed by atoms with E-state index in [4.69, 9.17) is 0 Å². The van der Waals surface area contributed by atoms with E-state index >= 15 is 0 Å². The van der Waals surface area contributed by atoms with Crippen molar-refractivity contribution in [3.8, 4) is 0 Å². The van der Waals surface area contributed by atoms with Crippen molar-refractivity contribution < 1.29 is 13.2 Å². The number of carbonyl (C=O) groups excluding carboxylic acids is 1. The molecular weight excluding hydrogens is 368 g/mol. The number of rotatable bonds is 3. The van der Waals surface area contributed by atoms with Crippen molar-refractivity contribution in [1.82, 2.24) is 0 Å². The van der Waals surface area contributed by atoms with Crippen molar-refractivity contribution in [1.29, 1.82) is 0 Å². The number of hydrogen-bond acceptors (Lipinski definition) is 3. The fourth-order valence-corrected chi connectivity index (χ4v) is 4.08. The second kappa shape index (κ2) is 5.40. The normalized spacial score (nSPS) is 13.6.